The second-order valence-corrected chi connectivity index (χ2v) is 5.90. The quantitative estimate of drug-likeness (QED) is 0.918. The minimum Gasteiger partial charge on any atom is -0.481 e. The number of hydrogen-bond donors (Lipinski definition) is 1. The summed E-state index contributed by atoms with van der Waals surface area (Å²) in [6.07, 6.45) is 2.72. The zero-order valence-electron chi connectivity index (χ0n) is 11.3. The highest BCUT2D eigenvalue weighted by molar-refractivity contribution is 9.10. The molecule has 6 heteroatoms. The first-order chi connectivity index (χ1) is 9.00. The fourth-order valence-electron chi connectivity index (χ4n) is 2.57. The third-order valence-electron chi connectivity index (χ3n) is 3.78. The van der Waals surface area contributed by atoms with E-state index in [1.54, 1.807) is 4.68 Å². The lowest BCUT2D eigenvalue weighted by Crippen LogP contribution is -2.41. The average Bonchev–Trinajstić information content (AvgIpc) is 2.67. The van der Waals surface area contributed by atoms with Gasteiger partial charge in [-0.2, -0.15) is 5.10 Å². The molecule has 106 valence electrons. The number of carboxylic acids is 1. The molecule has 1 aromatic heterocycles. The highest BCUT2D eigenvalue weighted by atomic mass is 79.9. The molecule has 1 saturated heterocycles. The molecule has 0 saturated carbocycles. The van der Waals surface area contributed by atoms with Crippen LogP contribution in [-0.4, -0.2) is 34.1 Å². The first kappa shape index (κ1) is 14.5. The van der Waals surface area contributed by atoms with Crippen LogP contribution in [0.15, 0.2) is 4.47 Å². The van der Waals surface area contributed by atoms with Gasteiger partial charge in [0.05, 0.1) is 27.9 Å². The normalized spacial score (nSPS) is 23.5. The summed E-state index contributed by atoms with van der Waals surface area (Å²) in [5.41, 5.74) is 1.08. The molecular formula is C13H19BrN2O3. The minimum absolute atomic E-state index is 0.279. The van der Waals surface area contributed by atoms with Crippen molar-refractivity contribution in [3.63, 3.8) is 0 Å². The molecule has 1 unspecified atom stereocenters. The van der Waals surface area contributed by atoms with Crippen molar-refractivity contribution >= 4 is 21.9 Å². The predicted molar refractivity (Wildman–Crippen MR) is 74.1 cm³/mol. The van der Waals surface area contributed by atoms with E-state index in [2.05, 4.69) is 21.0 Å². The minimum atomic E-state index is -0.820. The van der Waals surface area contributed by atoms with Crippen LogP contribution in [0.5, 0.6) is 0 Å². The lowest BCUT2D eigenvalue weighted by atomic mass is 9.78. The van der Waals surface area contributed by atoms with Crippen molar-refractivity contribution in [3.05, 3.63) is 15.9 Å². The van der Waals surface area contributed by atoms with E-state index in [0.717, 1.165) is 28.7 Å². The molecule has 1 atom stereocenters. The van der Waals surface area contributed by atoms with Crippen LogP contribution in [0.1, 0.15) is 31.2 Å². The molecular weight excluding hydrogens is 312 g/mol. The van der Waals surface area contributed by atoms with Crippen LogP contribution in [0, 0.1) is 5.41 Å². The predicted octanol–water partition coefficient (Wildman–Crippen LogP) is 2.17. The van der Waals surface area contributed by atoms with Crippen molar-refractivity contribution < 1.29 is 14.6 Å². The Bertz CT molecular complexity index is 478. The van der Waals surface area contributed by atoms with Gasteiger partial charge >= 0.3 is 5.97 Å². The lowest BCUT2D eigenvalue weighted by Gasteiger charge is -2.33. The average molecular weight is 331 g/mol. The molecule has 1 aliphatic heterocycles. The van der Waals surface area contributed by atoms with Crippen molar-refractivity contribution in [3.8, 4) is 0 Å². The van der Waals surface area contributed by atoms with Crippen molar-refractivity contribution in [1.82, 2.24) is 9.78 Å². The molecule has 19 heavy (non-hydrogen) atoms. The molecule has 0 bridgehead atoms. The van der Waals surface area contributed by atoms with Gasteiger partial charge < -0.3 is 9.84 Å². The van der Waals surface area contributed by atoms with Gasteiger partial charge in [-0.25, -0.2) is 0 Å². The summed E-state index contributed by atoms with van der Waals surface area (Å²) in [5, 5.41) is 14.0. The summed E-state index contributed by atoms with van der Waals surface area (Å²) in [6.45, 7) is 2.97. The van der Waals surface area contributed by atoms with Gasteiger partial charge in [-0.15, -0.1) is 0 Å². The van der Waals surface area contributed by atoms with Crippen LogP contribution in [0.4, 0.5) is 0 Å². The second kappa shape index (κ2) is 5.63. The molecule has 0 amide bonds. The van der Waals surface area contributed by atoms with Crippen LogP contribution < -0.4 is 0 Å². The Labute approximate surface area is 121 Å². The number of ether oxygens (including phenoxy) is 1. The van der Waals surface area contributed by atoms with Gasteiger partial charge in [-0.1, -0.05) is 6.92 Å². The van der Waals surface area contributed by atoms with E-state index in [1.165, 1.54) is 0 Å². The number of aliphatic carboxylic acids is 1. The number of aromatic nitrogens is 2. The second-order valence-electron chi connectivity index (χ2n) is 5.10. The molecule has 2 rings (SSSR count). The third-order valence-corrected chi connectivity index (χ3v) is 4.70. The van der Waals surface area contributed by atoms with E-state index in [0.29, 0.717) is 19.4 Å². The number of halogens is 1. The monoisotopic (exact) mass is 330 g/mol. The van der Waals surface area contributed by atoms with Gasteiger partial charge in [0.2, 0.25) is 0 Å². The molecule has 0 aliphatic carbocycles. The standard InChI is InChI=1S/C13H19BrN2O3/c1-3-9-11(14)10(16(2)15-9)7-13(12(17)18)5-4-6-19-8-13/h3-8H2,1-2H3,(H,17,18). The van der Waals surface area contributed by atoms with Gasteiger partial charge in [-0.05, 0) is 35.2 Å². The first-order valence-corrected chi connectivity index (χ1v) is 7.31. The molecule has 1 aliphatic rings. The fraction of sp³-hybridized carbons (Fsp3) is 0.692. The summed E-state index contributed by atoms with van der Waals surface area (Å²) < 4.78 is 8.12. The van der Waals surface area contributed by atoms with E-state index < -0.39 is 11.4 Å². The maximum Gasteiger partial charge on any atom is 0.312 e. The maximum absolute atomic E-state index is 11.7. The smallest absolute Gasteiger partial charge is 0.312 e. The highest BCUT2D eigenvalue weighted by Gasteiger charge is 2.42. The van der Waals surface area contributed by atoms with E-state index in [9.17, 15) is 9.90 Å². The Kier molecular flexibility index (Phi) is 4.30. The van der Waals surface area contributed by atoms with Gasteiger partial charge in [0, 0.05) is 20.1 Å². The van der Waals surface area contributed by atoms with Crippen molar-refractivity contribution in [2.24, 2.45) is 12.5 Å². The summed E-state index contributed by atoms with van der Waals surface area (Å²) in [7, 11) is 1.86. The van der Waals surface area contributed by atoms with Crippen molar-refractivity contribution in [2.75, 3.05) is 13.2 Å². The van der Waals surface area contributed by atoms with Crippen LogP contribution in [-0.2, 0) is 29.4 Å². The van der Waals surface area contributed by atoms with E-state index in [4.69, 9.17) is 4.74 Å². The lowest BCUT2D eigenvalue weighted by molar-refractivity contribution is -0.157. The maximum atomic E-state index is 11.7. The Balaban J connectivity index is 2.32. The van der Waals surface area contributed by atoms with E-state index in [1.807, 2.05) is 14.0 Å². The third kappa shape index (κ3) is 2.69. The van der Waals surface area contributed by atoms with Crippen LogP contribution in [0.25, 0.3) is 0 Å². The zero-order chi connectivity index (χ0) is 14.0. The summed E-state index contributed by atoms with van der Waals surface area (Å²) in [4.78, 5) is 11.7. The van der Waals surface area contributed by atoms with Crippen LogP contribution in [0.3, 0.4) is 0 Å². The Hall–Kier alpha value is -0.880. The summed E-state index contributed by atoms with van der Waals surface area (Å²) >= 11 is 3.55. The summed E-state index contributed by atoms with van der Waals surface area (Å²) in [5.74, 6) is -0.779. The molecule has 5 nitrogen and oxygen atoms in total. The SMILES string of the molecule is CCc1nn(C)c(CC2(C(=O)O)CCCOC2)c1Br. The van der Waals surface area contributed by atoms with E-state index >= 15 is 0 Å². The number of hydrogen-bond acceptors (Lipinski definition) is 3. The van der Waals surface area contributed by atoms with Gasteiger partial charge in [0.1, 0.15) is 0 Å². The first-order valence-electron chi connectivity index (χ1n) is 6.51. The van der Waals surface area contributed by atoms with Crippen molar-refractivity contribution in [2.45, 2.75) is 32.6 Å². The van der Waals surface area contributed by atoms with E-state index in [-0.39, 0.29) is 6.61 Å². The van der Waals surface area contributed by atoms with Gasteiger partial charge in [0.25, 0.3) is 0 Å². The van der Waals surface area contributed by atoms with Gasteiger partial charge in [-0.3, -0.25) is 9.48 Å². The Morgan fingerprint density at radius 2 is 2.37 bits per heavy atom. The van der Waals surface area contributed by atoms with Gasteiger partial charge in [0.15, 0.2) is 0 Å². The fourth-order valence-corrected chi connectivity index (χ4v) is 3.32. The topological polar surface area (TPSA) is 64.4 Å². The molecule has 2 heterocycles. The number of carboxylic acid groups (broad SMARTS) is 1. The Morgan fingerprint density at radius 3 is 2.84 bits per heavy atom. The molecule has 1 N–H and O–H groups in total. The molecule has 1 aromatic rings. The zero-order valence-corrected chi connectivity index (χ0v) is 12.9. The number of aryl methyl sites for hydroxylation is 2. The Morgan fingerprint density at radius 1 is 1.63 bits per heavy atom. The number of rotatable bonds is 4. The molecule has 0 radical (unpaired) electrons. The molecule has 0 aromatic carbocycles. The molecule has 1 fully saturated rings. The van der Waals surface area contributed by atoms with Crippen LogP contribution >= 0.6 is 15.9 Å². The number of nitrogens with zero attached hydrogens (tertiary/aromatic N) is 2. The van der Waals surface area contributed by atoms with Crippen LogP contribution in [0.2, 0.25) is 0 Å². The van der Waals surface area contributed by atoms with Crippen molar-refractivity contribution in [1.29, 1.82) is 0 Å². The largest absolute Gasteiger partial charge is 0.481 e. The summed E-state index contributed by atoms with van der Waals surface area (Å²) in [6, 6.07) is 0. The highest BCUT2D eigenvalue weighted by Crippen LogP contribution is 2.35. The number of carbonyl (C=O) groups is 1. The molecule has 0 spiro atoms.